The van der Waals surface area contributed by atoms with E-state index in [0.29, 0.717) is 5.52 Å². The number of nitrogens with zero attached hydrogens (tertiary/aromatic N) is 1. The molecule has 1 aromatic heterocycles. The predicted octanol–water partition coefficient (Wildman–Crippen LogP) is 7.87. The van der Waals surface area contributed by atoms with E-state index in [2.05, 4.69) is 101 Å². The Morgan fingerprint density at radius 2 is 1.13 bits per heavy atom. The highest BCUT2D eigenvalue weighted by molar-refractivity contribution is 6.03. The highest BCUT2D eigenvalue weighted by Gasteiger charge is 2.24. The van der Waals surface area contributed by atoms with Crippen LogP contribution < -0.4 is 0 Å². The molecule has 0 amide bonds. The Morgan fingerprint density at radius 1 is 0.613 bits per heavy atom. The summed E-state index contributed by atoms with van der Waals surface area (Å²) in [6.07, 6.45) is 1.75. The monoisotopic (exact) mass is 409 g/mol. The Labute approximate surface area is 185 Å². The Morgan fingerprint density at radius 3 is 1.68 bits per heavy atom. The molecule has 0 aliphatic carbocycles. The molecule has 3 aromatic carbocycles. The molecule has 1 N–H and O–H groups in total. The van der Waals surface area contributed by atoms with Gasteiger partial charge < -0.3 is 5.11 Å². The normalized spacial score (nSPS) is 12.3. The van der Waals surface area contributed by atoms with Crippen LogP contribution in [0.25, 0.3) is 33.2 Å². The molecule has 0 atom stereocenters. The zero-order valence-electron chi connectivity index (χ0n) is 19.3. The first-order valence-corrected chi connectivity index (χ1v) is 10.9. The van der Waals surface area contributed by atoms with Crippen molar-refractivity contribution in [2.75, 3.05) is 0 Å². The lowest BCUT2D eigenvalue weighted by Crippen LogP contribution is -2.13. The largest absolute Gasteiger partial charge is 0.505 e. The topological polar surface area (TPSA) is 33.1 Å². The van der Waals surface area contributed by atoms with Crippen LogP contribution >= 0.6 is 0 Å². The molecule has 0 spiro atoms. The van der Waals surface area contributed by atoms with Crippen molar-refractivity contribution < 1.29 is 5.11 Å². The average molecular weight is 410 g/mol. The molecule has 0 radical (unpaired) electrons. The Balaban J connectivity index is 2.12. The minimum Gasteiger partial charge on any atom is -0.505 e. The third kappa shape index (κ3) is 3.83. The third-order valence-electron chi connectivity index (χ3n) is 5.92. The smallest absolute Gasteiger partial charge is 0.149 e. The molecule has 0 saturated carbocycles. The summed E-state index contributed by atoms with van der Waals surface area (Å²) in [6, 6.07) is 23.1. The second-order valence-electron chi connectivity index (χ2n) is 10.3. The van der Waals surface area contributed by atoms with Crippen LogP contribution in [0.1, 0.15) is 52.7 Å². The van der Waals surface area contributed by atoms with Crippen LogP contribution in [0, 0.1) is 0 Å². The molecule has 0 aliphatic heterocycles. The molecule has 0 bridgehead atoms. The number of rotatable bonds is 2. The molecule has 0 unspecified atom stereocenters. The van der Waals surface area contributed by atoms with E-state index in [9.17, 15) is 5.11 Å². The van der Waals surface area contributed by atoms with Gasteiger partial charge in [-0.25, -0.2) is 0 Å². The molecule has 2 nitrogen and oxygen atoms in total. The van der Waals surface area contributed by atoms with E-state index in [1.165, 1.54) is 16.7 Å². The van der Waals surface area contributed by atoms with Crippen LogP contribution in [-0.4, -0.2) is 10.1 Å². The molecule has 158 valence electrons. The Kier molecular flexibility index (Phi) is 5.13. The summed E-state index contributed by atoms with van der Waals surface area (Å²) in [5, 5.41) is 12.3. The van der Waals surface area contributed by atoms with E-state index >= 15 is 0 Å². The number of benzene rings is 3. The average Bonchev–Trinajstić information content (AvgIpc) is 2.73. The summed E-state index contributed by atoms with van der Waals surface area (Å²) in [5.41, 5.74) is 7.23. The summed E-state index contributed by atoms with van der Waals surface area (Å²) in [6.45, 7) is 13.3. The van der Waals surface area contributed by atoms with Gasteiger partial charge in [0, 0.05) is 17.1 Å². The van der Waals surface area contributed by atoms with Crippen molar-refractivity contribution in [2.24, 2.45) is 0 Å². The minimum atomic E-state index is -0.0500. The second-order valence-corrected chi connectivity index (χ2v) is 10.3. The van der Waals surface area contributed by atoms with E-state index in [-0.39, 0.29) is 16.6 Å². The van der Waals surface area contributed by atoms with Crippen molar-refractivity contribution in [2.45, 2.75) is 52.4 Å². The van der Waals surface area contributed by atoms with Crippen LogP contribution in [-0.2, 0) is 10.8 Å². The van der Waals surface area contributed by atoms with Gasteiger partial charge in [0.05, 0.1) is 0 Å². The van der Waals surface area contributed by atoms with Gasteiger partial charge in [0.25, 0.3) is 0 Å². The van der Waals surface area contributed by atoms with E-state index in [4.69, 9.17) is 0 Å². The van der Waals surface area contributed by atoms with Crippen molar-refractivity contribution in [3.63, 3.8) is 0 Å². The number of aromatic nitrogens is 1. The molecule has 1 heterocycles. The summed E-state index contributed by atoms with van der Waals surface area (Å²) < 4.78 is 0. The standard InChI is InChI=1S/C29H31NO/c1-28(2,3)24-15-9-7-12-19(24)22-18-23(27(31)26-21(22)14-11-17-30-26)20-13-8-10-16-25(20)29(4,5)6/h7-18,31H,1-6H3. The molecule has 0 aliphatic rings. The van der Waals surface area contributed by atoms with Gasteiger partial charge in [-0.15, -0.1) is 0 Å². The lowest BCUT2D eigenvalue weighted by atomic mass is 9.79. The van der Waals surface area contributed by atoms with Gasteiger partial charge in [0.2, 0.25) is 0 Å². The Hall–Kier alpha value is -3.13. The number of hydrogen-bond donors (Lipinski definition) is 1. The molecule has 4 rings (SSSR count). The predicted molar refractivity (Wildman–Crippen MR) is 132 cm³/mol. The number of aromatic hydroxyl groups is 1. The van der Waals surface area contributed by atoms with Crippen LogP contribution in [0.2, 0.25) is 0 Å². The van der Waals surface area contributed by atoms with Crippen LogP contribution in [0.4, 0.5) is 0 Å². The first-order chi connectivity index (χ1) is 14.6. The molecular formula is C29H31NO. The van der Waals surface area contributed by atoms with Gasteiger partial charge in [-0.2, -0.15) is 0 Å². The molecule has 2 heteroatoms. The van der Waals surface area contributed by atoms with Crippen LogP contribution in [0.15, 0.2) is 72.9 Å². The zero-order chi connectivity index (χ0) is 22.4. The lowest BCUT2D eigenvalue weighted by molar-refractivity contribution is 0.482. The molecular weight excluding hydrogens is 378 g/mol. The quantitative estimate of drug-likeness (QED) is 0.365. The molecule has 4 aromatic rings. The summed E-state index contributed by atoms with van der Waals surface area (Å²) >= 11 is 0. The van der Waals surface area contributed by atoms with E-state index in [1.54, 1.807) is 6.20 Å². The van der Waals surface area contributed by atoms with E-state index < -0.39 is 0 Å². The summed E-state index contributed by atoms with van der Waals surface area (Å²) in [5.74, 6) is 0.240. The molecule has 0 fully saturated rings. The lowest BCUT2D eigenvalue weighted by Gasteiger charge is -2.26. The maximum Gasteiger partial charge on any atom is 0.149 e. The summed E-state index contributed by atoms with van der Waals surface area (Å²) in [7, 11) is 0. The van der Waals surface area contributed by atoms with Gasteiger partial charge >= 0.3 is 0 Å². The Bertz CT molecular complexity index is 1260. The number of fused-ring (bicyclic) bond motifs is 1. The van der Waals surface area contributed by atoms with Crippen molar-refractivity contribution in [1.29, 1.82) is 0 Å². The number of phenolic OH excluding ortho intramolecular Hbond substituents is 1. The first-order valence-electron chi connectivity index (χ1n) is 10.9. The third-order valence-corrected chi connectivity index (χ3v) is 5.92. The SMILES string of the molecule is CC(C)(C)c1ccccc1-c1cc(-c2ccccc2C(C)(C)C)c2cccnc2c1O. The first kappa shape index (κ1) is 21.1. The zero-order valence-corrected chi connectivity index (χ0v) is 19.3. The van der Waals surface area contributed by atoms with Crippen molar-refractivity contribution in [3.8, 4) is 28.0 Å². The number of phenols is 1. The molecule has 0 saturated heterocycles. The van der Waals surface area contributed by atoms with Crippen molar-refractivity contribution >= 4 is 10.9 Å². The number of hydrogen-bond acceptors (Lipinski definition) is 2. The van der Waals surface area contributed by atoms with Gasteiger partial charge in [-0.3, -0.25) is 4.98 Å². The van der Waals surface area contributed by atoms with Crippen molar-refractivity contribution in [3.05, 3.63) is 84.1 Å². The maximum absolute atomic E-state index is 11.3. The van der Waals surface area contributed by atoms with Crippen molar-refractivity contribution in [1.82, 2.24) is 4.98 Å². The highest BCUT2D eigenvalue weighted by atomic mass is 16.3. The minimum absolute atomic E-state index is 0.00745. The second kappa shape index (κ2) is 7.53. The van der Waals surface area contributed by atoms with Gasteiger partial charge in [0.1, 0.15) is 11.3 Å². The fraction of sp³-hybridized carbons (Fsp3) is 0.276. The number of pyridine rings is 1. The highest BCUT2D eigenvalue weighted by Crippen LogP contribution is 2.45. The fourth-order valence-corrected chi connectivity index (χ4v) is 4.40. The molecule has 31 heavy (non-hydrogen) atoms. The van der Waals surface area contributed by atoms with Crippen LogP contribution in [0.5, 0.6) is 5.75 Å². The maximum atomic E-state index is 11.3. The van der Waals surface area contributed by atoms with Gasteiger partial charge in [0.15, 0.2) is 0 Å². The fourth-order valence-electron chi connectivity index (χ4n) is 4.40. The van der Waals surface area contributed by atoms with E-state index in [1.807, 2.05) is 12.1 Å². The van der Waals surface area contributed by atoms with Crippen LogP contribution in [0.3, 0.4) is 0 Å². The van der Waals surface area contributed by atoms with Gasteiger partial charge in [-0.05, 0) is 50.8 Å². The summed E-state index contributed by atoms with van der Waals surface area (Å²) in [4.78, 5) is 4.59. The van der Waals surface area contributed by atoms with E-state index in [0.717, 1.165) is 22.1 Å². The van der Waals surface area contributed by atoms with Gasteiger partial charge in [-0.1, -0.05) is 96.1 Å².